The number of carbonyl (C=O) groups excluding carboxylic acids is 2. The van der Waals surface area contributed by atoms with E-state index in [0.717, 1.165) is 42.1 Å². The Kier molecular flexibility index (Phi) is 6.97. The maximum atomic E-state index is 12.5. The number of anilines is 1. The monoisotopic (exact) mass is 375 g/mol. The van der Waals surface area contributed by atoms with Crippen LogP contribution in [0, 0.1) is 6.92 Å². The van der Waals surface area contributed by atoms with E-state index in [1.165, 1.54) is 19.3 Å². The van der Waals surface area contributed by atoms with Gasteiger partial charge in [-0.25, -0.2) is 0 Å². The summed E-state index contributed by atoms with van der Waals surface area (Å²) in [6, 6.07) is 6.05. The van der Waals surface area contributed by atoms with Gasteiger partial charge in [-0.15, -0.1) is 0 Å². The first-order valence-electron chi connectivity index (χ1n) is 9.64. The van der Waals surface area contributed by atoms with E-state index in [-0.39, 0.29) is 17.9 Å². The summed E-state index contributed by atoms with van der Waals surface area (Å²) >= 11 is 1.89. The molecule has 1 aliphatic heterocycles. The summed E-state index contributed by atoms with van der Waals surface area (Å²) in [7, 11) is 0. The van der Waals surface area contributed by atoms with Crippen LogP contribution >= 0.6 is 11.8 Å². The van der Waals surface area contributed by atoms with E-state index < -0.39 is 0 Å². The second-order valence-corrected chi connectivity index (χ2v) is 8.47. The van der Waals surface area contributed by atoms with Gasteiger partial charge in [0.25, 0.3) is 5.91 Å². The molecule has 2 aliphatic rings. The zero-order valence-corrected chi connectivity index (χ0v) is 16.3. The Bertz CT molecular complexity index is 638. The van der Waals surface area contributed by atoms with E-state index in [0.29, 0.717) is 18.0 Å². The summed E-state index contributed by atoms with van der Waals surface area (Å²) in [6.07, 6.45) is 6.30. The van der Waals surface area contributed by atoms with Crippen LogP contribution in [-0.2, 0) is 4.79 Å². The normalized spacial score (nSPS) is 21.2. The molecule has 1 saturated heterocycles. The number of thioether (sulfide) groups is 1. The highest BCUT2D eigenvalue weighted by Crippen LogP contribution is 2.20. The molecular weight excluding hydrogens is 346 g/mol. The first-order valence-corrected chi connectivity index (χ1v) is 10.8. The zero-order valence-electron chi connectivity index (χ0n) is 15.5. The molecule has 0 aromatic heterocycles. The minimum Gasteiger partial charge on any atom is -0.349 e. The van der Waals surface area contributed by atoms with Crippen LogP contribution in [0.2, 0.25) is 0 Å². The van der Waals surface area contributed by atoms with Gasteiger partial charge in [0, 0.05) is 47.8 Å². The Morgan fingerprint density at radius 1 is 1.23 bits per heavy atom. The van der Waals surface area contributed by atoms with E-state index in [9.17, 15) is 9.59 Å². The van der Waals surface area contributed by atoms with Crippen LogP contribution in [0.4, 0.5) is 5.69 Å². The van der Waals surface area contributed by atoms with E-state index in [1.54, 1.807) is 6.07 Å². The number of hydrogen-bond donors (Lipinski definition) is 3. The zero-order chi connectivity index (χ0) is 18.4. The lowest BCUT2D eigenvalue weighted by molar-refractivity contribution is -0.116. The molecule has 0 radical (unpaired) electrons. The molecule has 2 fully saturated rings. The molecule has 1 aromatic carbocycles. The van der Waals surface area contributed by atoms with Gasteiger partial charge in [-0.05, 0) is 43.5 Å². The third-order valence-corrected chi connectivity index (χ3v) is 6.26. The number of amides is 2. The first kappa shape index (κ1) is 19.2. The molecule has 1 aromatic rings. The predicted molar refractivity (Wildman–Crippen MR) is 108 cm³/mol. The van der Waals surface area contributed by atoms with Crippen LogP contribution in [0.15, 0.2) is 18.2 Å². The third-order valence-electron chi connectivity index (χ3n) is 5.13. The van der Waals surface area contributed by atoms with Gasteiger partial charge in [-0.3, -0.25) is 9.59 Å². The second kappa shape index (κ2) is 9.42. The van der Waals surface area contributed by atoms with E-state index >= 15 is 0 Å². The summed E-state index contributed by atoms with van der Waals surface area (Å²) in [5.41, 5.74) is 2.37. The lowest BCUT2D eigenvalue weighted by Crippen LogP contribution is -2.40. The lowest BCUT2D eigenvalue weighted by Gasteiger charge is -2.23. The number of rotatable bonds is 5. The van der Waals surface area contributed by atoms with Crippen molar-refractivity contribution in [2.45, 2.75) is 57.5 Å². The van der Waals surface area contributed by atoms with E-state index in [4.69, 9.17) is 0 Å². The summed E-state index contributed by atoms with van der Waals surface area (Å²) in [5.74, 6) is 2.10. The fourth-order valence-corrected chi connectivity index (χ4v) is 4.59. The van der Waals surface area contributed by atoms with Crippen molar-refractivity contribution in [3.8, 4) is 0 Å². The van der Waals surface area contributed by atoms with Crippen LogP contribution in [-0.4, -0.2) is 41.9 Å². The number of nitrogens with one attached hydrogen (secondary N) is 3. The van der Waals surface area contributed by atoms with Crippen LogP contribution in [0.25, 0.3) is 0 Å². The molecule has 1 aliphatic carbocycles. The van der Waals surface area contributed by atoms with Crippen molar-refractivity contribution < 1.29 is 9.59 Å². The minimum atomic E-state index is -0.0127. The largest absolute Gasteiger partial charge is 0.349 e. The topological polar surface area (TPSA) is 70.2 Å². The molecule has 142 valence electrons. The smallest absolute Gasteiger partial charge is 0.251 e. The van der Waals surface area contributed by atoms with Crippen LogP contribution in [0.1, 0.15) is 54.4 Å². The van der Waals surface area contributed by atoms with Crippen LogP contribution in [0.3, 0.4) is 0 Å². The highest BCUT2D eigenvalue weighted by Gasteiger charge is 2.19. The van der Waals surface area contributed by atoms with Gasteiger partial charge in [-0.2, -0.15) is 11.8 Å². The van der Waals surface area contributed by atoms with E-state index in [2.05, 4.69) is 16.0 Å². The number of benzene rings is 1. The van der Waals surface area contributed by atoms with Gasteiger partial charge in [-0.1, -0.05) is 19.3 Å². The third kappa shape index (κ3) is 5.48. The predicted octanol–water partition coefficient (Wildman–Crippen LogP) is 3.09. The Morgan fingerprint density at radius 2 is 2.04 bits per heavy atom. The molecule has 6 heteroatoms. The van der Waals surface area contributed by atoms with Crippen molar-refractivity contribution in [2.75, 3.05) is 23.4 Å². The van der Waals surface area contributed by atoms with Crippen molar-refractivity contribution in [3.05, 3.63) is 29.3 Å². The van der Waals surface area contributed by atoms with Crippen LogP contribution in [0.5, 0.6) is 0 Å². The Balaban J connectivity index is 1.54. The average Bonchev–Trinajstić information content (AvgIpc) is 2.65. The van der Waals surface area contributed by atoms with Gasteiger partial charge < -0.3 is 16.0 Å². The molecule has 3 N–H and O–H groups in total. The van der Waals surface area contributed by atoms with E-state index in [1.807, 2.05) is 30.8 Å². The number of aryl methyl sites for hydroxylation is 1. The quantitative estimate of drug-likeness (QED) is 0.740. The van der Waals surface area contributed by atoms with Crippen molar-refractivity contribution in [1.29, 1.82) is 0 Å². The van der Waals surface area contributed by atoms with Crippen molar-refractivity contribution in [3.63, 3.8) is 0 Å². The minimum absolute atomic E-state index is 0.0127. The average molecular weight is 376 g/mol. The van der Waals surface area contributed by atoms with Crippen LogP contribution < -0.4 is 16.0 Å². The maximum Gasteiger partial charge on any atom is 0.251 e. The fourth-order valence-electron chi connectivity index (χ4n) is 3.64. The highest BCUT2D eigenvalue weighted by molar-refractivity contribution is 7.99. The molecule has 5 nitrogen and oxygen atoms in total. The summed E-state index contributed by atoms with van der Waals surface area (Å²) in [6.45, 7) is 2.90. The van der Waals surface area contributed by atoms with Gasteiger partial charge in [0.05, 0.1) is 0 Å². The Hall–Kier alpha value is -1.53. The van der Waals surface area contributed by atoms with Gasteiger partial charge in [0.2, 0.25) is 5.91 Å². The first-order chi connectivity index (χ1) is 12.6. The molecule has 0 spiro atoms. The maximum absolute atomic E-state index is 12.5. The highest BCUT2D eigenvalue weighted by atomic mass is 32.2. The summed E-state index contributed by atoms with van der Waals surface area (Å²) in [5, 5.41) is 9.50. The molecule has 2 amide bonds. The fraction of sp³-hybridized carbons (Fsp3) is 0.600. The standard InChI is InChI=1S/C20H29N3O2S/c1-14-11-15(20(25)22-16-5-3-2-4-6-16)7-8-18(14)23-19(24)12-17-13-26-10-9-21-17/h7-8,11,16-17,21H,2-6,9-10,12-13H2,1H3,(H,22,25)(H,23,24). The molecule has 1 atom stereocenters. The van der Waals surface area contributed by atoms with Gasteiger partial charge >= 0.3 is 0 Å². The molecule has 3 rings (SSSR count). The number of carbonyl (C=O) groups is 2. The van der Waals surface area contributed by atoms with Crippen molar-refractivity contribution in [2.24, 2.45) is 0 Å². The summed E-state index contributed by atoms with van der Waals surface area (Å²) in [4.78, 5) is 24.7. The Morgan fingerprint density at radius 3 is 2.73 bits per heavy atom. The molecule has 1 heterocycles. The second-order valence-electron chi connectivity index (χ2n) is 7.32. The summed E-state index contributed by atoms with van der Waals surface area (Å²) < 4.78 is 0. The SMILES string of the molecule is Cc1cc(C(=O)NC2CCCCC2)ccc1NC(=O)CC1CSCCN1. The lowest BCUT2D eigenvalue weighted by atomic mass is 9.95. The number of hydrogen-bond acceptors (Lipinski definition) is 4. The van der Waals surface area contributed by atoms with Crippen molar-refractivity contribution >= 4 is 29.3 Å². The van der Waals surface area contributed by atoms with Gasteiger partial charge in [0.1, 0.15) is 0 Å². The molecule has 1 unspecified atom stereocenters. The van der Waals surface area contributed by atoms with Crippen molar-refractivity contribution in [1.82, 2.24) is 10.6 Å². The molecule has 1 saturated carbocycles. The van der Waals surface area contributed by atoms with Gasteiger partial charge in [0.15, 0.2) is 0 Å². The molecule has 26 heavy (non-hydrogen) atoms. The molecular formula is C20H29N3O2S. The Labute approximate surface area is 160 Å². The molecule has 0 bridgehead atoms.